The first-order valence-electron chi connectivity index (χ1n) is 7.38. The second kappa shape index (κ2) is 9.44. The van der Waals surface area contributed by atoms with Crippen molar-refractivity contribution in [2.24, 2.45) is 0 Å². The van der Waals surface area contributed by atoms with Gasteiger partial charge < -0.3 is 23.7 Å². The second-order valence-electron chi connectivity index (χ2n) is 4.44. The van der Waals surface area contributed by atoms with Crippen molar-refractivity contribution in [3.63, 3.8) is 0 Å². The number of benzene rings is 1. The molecule has 1 aromatic carbocycles. The van der Waals surface area contributed by atoms with Gasteiger partial charge in [-0.3, -0.25) is 0 Å². The molecular formula is C17H22O7. The lowest BCUT2D eigenvalue weighted by molar-refractivity contribution is -0.146. The molecule has 0 aliphatic carbocycles. The van der Waals surface area contributed by atoms with Crippen LogP contribution in [0.2, 0.25) is 0 Å². The molecule has 0 spiro atoms. The van der Waals surface area contributed by atoms with Crippen LogP contribution in [0.25, 0.3) is 6.08 Å². The molecule has 1 aromatic rings. The Bertz CT molecular complexity index is 574. The summed E-state index contributed by atoms with van der Waals surface area (Å²) in [5.41, 5.74) is 0.150. The van der Waals surface area contributed by atoms with Gasteiger partial charge >= 0.3 is 11.9 Å². The lowest BCUT2D eigenvalue weighted by atomic mass is 10.1. The first-order chi connectivity index (χ1) is 11.5. The van der Waals surface area contributed by atoms with E-state index < -0.39 is 11.9 Å². The van der Waals surface area contributed by atoms with Crippen LogP contribution in [0.3, 0.4) is 0 Å². The van der Waals surface area contributed by atoms with E-state index in [9.17, 15) is 9.59 Å². The Morgan fingerprint density at radius 1 is 0.875 bits per heavy atom. The van der Waals surface area contributed by atoms with Gasteiger partial charge in [0.25, 0.3) is 0 Å². The van der Waals surface area contributed by atoms with Gasteiger partial charge in [0.1, 0.15) is 22.8 Å². The standard InChI is InChI=1S/C17H22O7/c1-6-23-16(18)13(17(19)24-7-2)10-12-14(21-4)8-11(20-3)9-15(12)22-5/h8-10H,6-7H2,1-5H3. The molecule has 0 fully saturated rings. The number of carbonyl (C=O) groups excluding carboxylic acids is 2. The lowest BCUT2D eigenvalue weighted by Crippen LogP contribution is -2.18. The van der Waals surface area contributed by atoms with E-state index in [0.717, 1.165) is 0 Å². The molecule has 0 radical (unpaired) electrons. The van der Waals surface area contributed by atoms with Crippen molar-refractivity contribution in [2.45, 2.75) is 13.8 Å². The van der Waals surface area contributed by atoms with Gasteiger partial charge in [-0.15, -0.1) is 0 Å². The first-order valence-corrected chi connectivity index (χ1v) is 7.38. The van der Waals surface area contributed by atoms with Crippen LogP contribution in [-0.2, 0) is 19.1 Å². The van der Waals surface area contributed by atoms with E-state index in [1.807, 2.05) is 0 Å². The molecule has 0 heterocycles. The van der Waals surface area contributed by atoms with E-state index in [2.05, 4.69) is 0 Å². The predicted molar refractivity (Wildman–Crippen MR) is 87.3 cm³/mol. The van der Waals surface area contributed by atoms with Gasteiger partial charge in [0, 0.05) is 12.1 Å². The molecule has 24 heavy (non-hydrogen) atoms. The maximum absolute atomic E-state index is 12.1. The third kappa shape index (κ3) is 4.65. The van der Waals surface area contributed by atoms with Crippen molar-refractivity contribution < 1.29 is 33.3 Å². The summed E-state index contributed by atoms with van der Waals surface area (Å²) < 4.78 is 25.6. The van der Waals surface area contributed by atoms with Crippen molar-refractivity contribution in [1.29, 1.82) is 0 Å². The highest BCUT2D eigenvalue weighted by Crippen LogP contribution is 2.35. The van der Waals surface area contributed by atoms with Gasteiger partial charge in [-0.2, -0.15) is 0 Å². The summed E-state index contributed by atoms with van der Waals surface area (Å²) in [5, 5.41) is 0. The number of hydrogen-bond donors (Lipinski definition) is 0. The molecule has 0 aliphatic heterocycles. The fraction of sp³-hybridized carbons (Fsp3) is 0.412. The molecular weight excluding hydrogens is 316 g/mol. The molecule has 7 heteroatoms. The summed E-state index contributed by atoms with van der Waals surface area (Å²) in [6.07, 6.45) is 1.33. The van der Waals surface area contributed by atoms with Crippen LogP contribution in [-0.4, -0.2) is 46.5 Å². The number of carbonyl (C=O) groups is 2. The molecule has 0 amide bonds. The van der Waals surface area contributed by atoms with Crippen LogP contribution in [0, 0.1) is 0 Å². The zero-order chi connectivity index (χ0) is 18.1. The zero-order valence-corrected chi connectivity index (χ0v) is 14.5. The van der Waals surface area contributed by atoms with Crippen molar-refractivity contribution >= 4 is 18.0 Å². The monoisotopic (exact) mass is 338 g/mol. The molecule has 0 unspecified atom stereocenters. The Balaban J connectivity index is 3.49. The minimum Gasteiger partial charge on any atom is -0.496 e. The normalized spacial score (nSPS) is 9.71. The molecule has 0 aromatic heterocycles. The first kappa shape index (κ1) is 19.3. The molecule has 7 nitrogen and oxygen atoms in total. The highest BCUT2D eigenvalue weighted by Gasteiger charge is 2.23. The summed E-state index contributed by atoms with van der Waals surface area (Å²) in [6.45, 7) is 3.56. The fourth-order valence-corrected chi connectivity index (χ4v) is 1.94. The van der Waals surface area contributed by atoms with Crippen LogP contribution in [0.1, 0.15) is 19.4 Å². The maximum atomic E-state index is 12.1. The van der Waals surface area contributed by atoms with E-state index in [4.69, 9.17) is 23.7 Å². The van der Waals surface area contributed by atoms with Gasteiger partial charge in [0.15, 0.2) is 0 Å². The topological polar surface area (TPSA) is 80.3 Å². The third-order valence-electron chi connectivity index (χ3n) is 3.03. The van der Waals surface area contributed by atoms with Crippen LogP contribution >= 0.6 is 0 Å². The Morgan fingerprint density at radius 3 is 1.67 bits per heavy atom. The zero-order valence-electron chi connectivity index (χ0n) is 14.5. The Labute approximate surface area is 141 Å². The number of hydrogen-bond acceptors (Lipinski definition) is 7. The molecule has 0 aliphatic rings. The highest BCUT2D eigenvalue weighted by molar-refractivity contribution is 6.18. The summed E-state index contributed by atoms with van der Waals surface area (Å²) in [4.78, 5) is 24.2. The number of rotatable bonds is 8. The maximum Gasteiger partial charge on any atom is 0.345 e. The Morgan fingerprint density at radius 2 is 1.33 bits per heavy atom. The van der Waals surface area contributed by atoms with Crippen LogP contribution in [0.4, 0.5) is 0 Å². The van der Waals surface area contributed by atoms with Crippen molar-refractivity contribution in [3.8, 4) is 17.2 Å². The molecule has 132 valence electrons. The van der Waals surface area contributed by atoms with Crippen molar-refractivity contribution in [1.82, 2.24) is 0 Å². The summed E-state index contributed by atoms with van der Waals surface area (Å²) in [7, 11) is 4.42. The highest BCUT2D eigenvalue weighted by atomic mass is 16.6. The minimum absolute atomic E-state index is 0.131. The van der Waals surface area contributed by atoms with E-state index >= 15 is 0 Å². The SMILES string of the molecule is CCOC(=O)C(=Cc1c(OC)cc(OC)cc1OC)C(=O)OCC. The van der Waals surface area contributed by atoms with Gasteiger partial charge in [-0.25, -0.2) is 9.59 Å². The van der Waals surface area contributed by atoms with E-state index in [1.165, 1.54) is 27.4 Å². The predicted octanol–water partition coefficient (Wildman–Crippen LogP) is 2.22. The Kier molecular flexibility index (Phi) is 7.61. The second-order valence-corrected chi connectivity index (χ2v) is 4.44. The molecule has 0 bridgehead atoms. The summed E-state index contributed by atoms with van der Waals surface area (Å²) >= 11 is 0. The molecule has 0 saturated heterocycles. The quantitative estimate of drug-likeness (QED) is 0.311. The van der Waals surface area contributed by atoms with Gasteiger partial charge in [0.2, 0.25) is 0 Å². The van der Waals surface area contributed by atoms with Crippen LogP contribution in [0.5, 0.6) is 17.2 Å². The smallest absolute Gasteiger partial charge is 0.345 e. The minimum atomic E-state index is -0.782. The van der Waals surface area contributed by atoms with Crippen molar-refractivity contribution in [2.75, 3.05) is 34.5 Å². The molecule has 0 atom stereocenters. The number of ether oxygens (including phenoxy) is 5. The average Bonchev–Trinajstić information content (AvgIpc) is 2.59. The van der Waals surface area contributed by atoms with Crippen LogP contribution < -0.4 is 14.2 Å². The molecule has 1 rings (SSSR count). The van der Waals surface area contributed by atoms with E-state index in [-0.39, 0.29) is 18.8 Å². The van der Waals surface area contributed by atoms with Gasteiger partial charge in [-0.1, -0.05) is 0 Å². The summed E-state index contributed by atoms with van der Waals surface area (Å²) in [5.74, 6) is -0.309. The fourth-order valence-electron chi connectivity index (χ4n) is 1.94. The van der Waals surface area contributed by atoms with Crippen LogP contribution in [0.15, 0.2) is 17.7 Å². The average molecular weight is 338 g/mol. The van der Waals surface area contributed by atoms with Gasteiger partial charge in [0.05, 0.1) is 40.1 Å². The lowest BCUT2D eigenvalue weighted by Gasteiger charge is -2.14. The number of methoxy groups -OCH3 is 3. The van der Waals surface area contributed by atoms with Crippen molar-refractivity contribution in [3.05, 3.63) is 23.3 Å². The molecule has 0 saturated carbocycles. The van der Waals surface area contributed by atoms with E-state index in [0.29, 0.717) is 22.8 Å². The van der Waals surface area contributed by atoms with E-state index in [1.54, 1.807) is 26.0 Å². The number of esters is 2. The van der Waals surface area contributed by atoms with Gasteiger partial charge in [-0.05, 0) is 19.9 Å². The third-order valence-corrected chi connectivity index (χ3v) is 3.03. The largest absolute Gasteiger partial charge is 0.496 e. The summed E-state index contributed by atoms with van der Waals surface area (Å²) in [6, 6.07) is 3.23. The molecule has 0 N–H and O–H groups in total. The Hall–Kier alpha value is -2.70.